The number of aliphatic imine (C=N–C) groups is 1. The number of aryl methyl sites for hydroxylation is 1. The van der Waals surface area contributed by atoms with E-state index in [-0.39, 0.29) is 24.0 Å². The second-order valence-electron chi connectivity index (χ2n) is 5.58. The van der Waals surface area contributed by atoms with Crippen LogP contribution in [0.15, 0.2) is 53.1 Å². The van der Waals surface area contributed by atoms with Crippen LogP contribution in [0.4, 0.5) is 0 Å². The fourth-order valence-corrected chi connectivity index (χ4v) is 3.07. The van der Waals surface area contributed by atoms with Gasteiger partial charge in [0.25, 0.3) is 0 Å². The molecule has 3 aromatic rings. The molecule has 0 atom stereocenters. The molecule has 6 nitrogen and oxygen atoms in total. The van der Waals surface area contributed by atoms with Crippen LogP contribution >= 0.6 is 35.3 Å². The summed E-state index contributed by atoms with van der Waals surface area (Å²) in [6.45, 7) is 3.55. The van der Waals surface area contributed by atoms with Crippen molar-refractivity contribution in [3.05, 3.63) is 64.4 Å². The third kappa shape index (κ3) is 5.80. The van der Waals surface area contributed by atoms with Crippen molar-refractivity contribution in [2.75, 3.05) is 13.6 Å². The fraction of sp³-hybridized carbons (Fsp3) is 0.278. The number of aromatic nitrogens is 3. The minimum atomic E-state index is 0. The monoisotopic (exact) mass is 482 g/mol. The molecule has 0 aliphatic carbocycles. The molecule has 2 N–H and O–H groups in total. The number of nitrogens with one attached hydrogen (secondary N) is 2. The molecule has 3 rings (SSSR count). The van der Waals surface area contributed by atoms with Gasteiger partial charge in [-0.25, -0.2) is 9.67 Å². The molecule has 0 radical (unpaired) electrons. The summed E-state index contributed by atoms with van der Waals surface area (Å²) in [6, 6.07) is 10.2. The van der Waals surface area contributed by atoms with Crippen LogP contribution in [0.2, 0.25) is 0 Å². The minimum Gasteiger partial charge on any atom is -0.356 e. The number of guanidine groups is 1. The lowest BCUT2D eigenvalue weighted by Gasteiger charge is -2.12. The topological polar surface area (TPSA) is 67.1 Å². The van der Waals surface area contributed by atoms with E-state index in [4.69, 9.17) is 0 Å². The molecule has 2 heterocycles. The van der Waals surface area contributed by atoms with E-state index in [1.54, 1.807) is 24.6 Å². The standard InChI is InChI=1S/C18H22N6S.HI/c1-14-23-16(13-25-14)8-10-20-18(19-2)21-12-15-4-6-17(7-5-15)24-11-3-9-22-24;/h3-7,9,11,13H,8,10,12H2,1-2H3,(H2,19,20,21);1H. The van der Waals surface area contributed by atoms with Gasteiger partial charge in [-0.2, -0.15) is 5.10 Å². The van der Waals surface area contributed by atoms with E-state index in [0.717, 1.165) is 41.9 Å². The molecule has 8 heteroatoms. The molecular formula is C18H23IN6S. The Labute approximate surface area is 174 Å². The van der Waals surface area contributed by atoms with Gasteiger partial charge in [0, 0.05) is 44.3 Å². The summed E-state index contributed by atoms with van der Waals surface area (Å²) in [5, 5.41) is 14.1. The zero-order valence-electron chi connectivity index (χ0n) is 14.8. The smallest absolute Gasteiger partial charge is 0.191 e. The van der Waals surface area contributed by atoms with Crippen LogP contribution in [0.5, 0.6) is 0 Å². The Balaban J connectivity index is 0.00000243. The van der Waals surface area contributed by atoms with Crippen LogP contribution < -0.4 is 10.6 Å². The zero-order chi connectivity index (χ0) is 17.5. The van der Waals surface area contributed by atoms with Crippen LogP contribution in [0.3, 0.4) is 0 Å². The van der Waals surface area contributed by atoms with E-state index >= 15 is 0 Å². The summed E-state index contributed by atoms with van der Waals surface area (Å²) in [7, 11) is 1.78. The molecule has 0 spiro atoms. The Kier molecular flexibility index (Phi) is 8.05. The first kappa shape index (κ1) is 20.4. The highest BCUT2D eigenvalue weighted by molar-refractivity contribution is 14.0. The number of nitrogens with zero attached hydrogens (tertiary/aromatic N) is 4. The Morgan fingerprint density at radius 1 is 1.23 bits per heavy atom. The predicted molar refractivity (Wildman–Crippen MR) is 118 cm³/mol. The van der Waals surface area contributed by atoms with Gasteiger partial charge in [0.1, 0.15) is 0 Å². The van der Waals surface area contributed by atoms with Gasteiger partial charge in [0.2, 0.25) is 0 Å². The highest BCUT2D eigenvalue weighted by Gasteiger charge is 2.02. The molecule has 0 fully saturated rings. The van der Waals surface area contributed by atoms with E-state index < -0.39 is 0 Å². The van der Waals surface area contributed by atoms with E-state index in [1.807, 2.05) is 23.9 Å². The van der Waals surface area contributed by atoms with Crippen LogP contribution in [0.25, 0.3) is 5.69 Å². The molecule has 0 amide bonds. The molecule has 0 aliphatic heterocycles. The Hall–Kier alpha value is -1.94. The van der Waals surface area contributed by atoms with Gasteiger partial charge < -0.3 is 10.6 Å². The zero-order valence-corrected chi connectivity index (χ0v) is 18.0. The number of thiazole rings is 1. The number of hydrogen-bond donors (Lipinski definition) is 2. The third-order valence-corrected chi connectivity index (χ3v) is 4.55. The van der Waals surface area contributed by atoms with Crippen molar-refractivity contribution in [3.8, 4) is 5.69 Å². The molecule has 1 aromatic carbocycles. The van der Waals surface area contributed by atoms with Crippen molar-refractivity contribution in [1.82, 2.24) is 25.4 Å². The predicted octanol–water partition coefficient (Wildman–Crippen LogP) is 3.16. The van der Waals surface area contributed by atoms with E-state index in [0.29, 0.717) is 0 Å². The van der Waals surface area contributed by atoms with Crippen molar-refractivity contribution in [1.29, 1.82) is 0 Å². The number of rotatable bonds is 6. The molecule has 0 unspecified atom stereocenters. The molecule has 0 aliphatic rings. The largest absolute Gasteiger partial charge is 0.356 e. The Morgan fingerprint density at radius 3 is 2.65 bits per heavy atom. The third-order valence-electron chi connectivity index (χ3n) is 3.73. The molecule has 26 heavy (non-hydrogen) atoms. The summed E-state index contributed by atoms with van der Waals surface area (Å²) in [5.41, 5.74) is 3.36. The summed E-state index contributed by atoms with van der Waals surface area (Å²) >= 11 is 1.69. The van der Waals surface area contributed by atoms with Gasteiger partial charge in [-0.3, -0.25) is 4.99 Å². The second-order valence-corrected chi connectivity index (χ2v) is 6.64. The van der Waals surface area contributed by atoms with Crippen molar-refractivity contribution < 1.29 is 0 Å². The molecular weight excluding hydrogens is 459 g/mol. The SMILES string of the molecule is CN=C(NCCc1csc(C)n1)NCc1ccc(-n2cccn2)cc1.I. The lowest BCUT2D eigenvalue weighted by molar-refractivity contribution is 0.785. The highest BCUT2D eigenvalue weighted by atomic mass is 127. The number of hydrogen-bond acceptors (Lipinski definition) is 4. The highest BCUT2D eigenvalue weighted by Crippen LogP contribution is 2.09. The van der Waals surface area contributed by atoms with E-state index in [2.05, 4.69) is 55.4 Å². The number of halogens is 1. The average Bonchev–Trinajstić information content (AvgIpc) is 3.30. The van der Waals surface area contributed by atoms with Gasteiger partial charge in [-0.05, 0) is 30.7 Å². The fourth-order valence-electron chi connectivity index (χ4n) is 2.43. The lowest BCUT2D eigenvalue weighted by Crippen LogP contribution is -2.37. The minimum absolute atomic E-state index is 0. The van der Waals surface area contributed by atoms with Gasteiger partial charge in [0.15, 0.2) is 5.96 Å². The van der Waals surface area contributed by atoms with Crippen LogP contribution in [-0.2, 0) is 13.0 Å². The lowest BCUT2D eigenvalue weighted by atomic mass is 10.2. The first-order chi connectivity index (χ1) is 12.2. The van der Waals surface area contributed by atoms with Crippen LogP contribution in [0.1, 0.15) is 16.3 Å². The van der Waals surface area contributed by atoms with Gasteiger partial charge in [-0.15, -0.1) is 35.3 Å². The maximum Gasteiger partial charge on any atom is 0.191 e. The molecule has 2 aromatic heterocycles. The van der Waals surface area contributed by atoms with Crippen LogP contribution in [-0.4, -0.2) is 34.3 Å². The van der Waals surface area contributed by atoms with Crippen LogP contribution in [0, 0.1) is 6.92 Å². The van der Waals surface area contributed by atoms with Crippen molar-refractivity contribution in [2.45, 2.75) is 19.9 Å². The quantitative estimate of drug-likeness (QED) is 0.322. The van der Waals surface area contributed by atoms with Crippen molar-refractivity contribution in [3.63, 3.8) is 0 Å². The second kappa shape index (κ2) is 10.3. The Bertz CT molecular complexity index is 811. The van der Waals surface area contributed by atoms with Gasteiger partial charge >= 0.3 is 0 Å². The van der Waals surface area contributed by atoms with Gasteiger partial charge in [0.05, 0.1) is 16.4 Å². The molecule has 0 bridgehead atoms. The molecule has 138 valence electrons. The first-order valence-electron chi connectivity index (χ1n) is 8.19. The Morgan fingerprint density at radius 2 is 2.04 bits per heavy atom. The average molecular weight is 482 g/mol. The normalized spacial score (nSPS) is 11.1. The number of benzene rings is 1. The van der Waals surface area contributed by atoms with Crippen molar-refractivity contribution >= 4 is 41.3 Å². The van der Waals surface area contributed by atoms with E-state index in [1.165, 1.54) is 5.56 Å². The first-order valence-corrected chi connectivity index (χ1v) is 9.07. The molecule has 0 saturated carbocycles. The summed E-state index contributed by atoms with van der Waals surface area (Å²) in [4.78, 5) is 8.73. The summed E-state index contributed by atoms with van der Waals surface area (Å²) in [5.74, 6) is 0.795. The summed E-state index contributed by atoms with van der Waals surface area (Å²) in [6.07, 6.45) is 4.60. The van der Waals surface area contributed by atoms with Crippen molar-refractivity contribution in [2.24, 2.45) is 4.99 Å². The van der Waals surface area contributed by atoms with Gasteiger partial charge in [-0.1, -0.05) is 12.1 Å². The molecule has 0 saturated heterocycles. The van der Waals surface area contributed by atoms with E-state index in [9.17, 15) is 0 Å². The maximum absolute atomic E-state index is 4.47. The maximum atomic E-state index is 4.47. The summed E-state index contributed by atoms with van der Waals surface area (Å²) < 4.78 is 1.85.